The monoisotopic (exact) mass is 399 g/mol. The fourth-order valence-corrected chi connectivity index (χ4v) is 3.59. The zero-order valence-electron chi connectivity index (χ0n) is 16.4. The van der Waals surface area contributed by atoms with Crippen LogP contribution in [0.3, 0.4) is 0 Å². The Hall–Kier alpha value is -3.71. The summed E-state index contributed by atoms with van der Waals surface area (Å²) in [6, 6.07) is 21.6. The molecule has 0 unspecified atom stereocenters. The highest BCUT2D eigenvalue weighted by atomic mass is 16.5. The predicted octanol–water partition coefficient (Wildman–Crippen LogP) is 3.64. The summed E-state index contributed by atoms with van der Waals surface area (Å²) in [5.41, 5.74) is 3.76. The summed E-state index contributed by atoms with van der Waals surface area (Å²) in [5.74, 6) is 0.602. The Kier molecular flexibility index (Phi) is 4.86. The summed E-state index contributed by atoms with van der Waals surface area (Å²) in [7, 11) is 0. The van der Waals surface area contributed by atoms with Crippen LogP contribution in [0.15, 0.2) is 72.9 Å². The number of benzene rings is 2. The standard InChI is InChI=1S/C23H21N5O2/c29-22(27-11-13-30-14-12-27)17-15-20-21(24-16-17)28(19-9-5-2-6-10-19)23(26-20)25-18-7-3-1-4-8-18/h1-10,15-16H,11-14H2,(H,25,26). The molecule has 7 heteroatoms. The lowest BCUT2D eigenvalue weighted by atomic mass is 10.2. The maximum absolute atomic E-state index is 12.9. The van der Waals surface area contributed by atoms with Crippen LogP contribution >= 0.6 is 0 Å². The topological polar surface area (TPSA) is 72.3 Å². The van der Waals surface area contributed by atoms with Crippen LogP contribution in [0.2, 0.25) is 0 Å². The predicted molar refractivity (Wildman–Crippen MR) is 115 cm³/mol. The van der Waals surface area contributed by atoms with E-state index in [9.17, 15) is 4.79 Å². The third-order valence-electron chi connectivity index (χ3n) is 5.09. The van der Waals surface area contributed by atoms with Crippen molar-refractivity contribution >= 4 is 28.7 Å². The molecular weight excluding hydrogens is 378 g/mol. The van der Waals surface area contributed by atoms with Gasteiger partial charge in [0.15, 0.2) is 5.65 Å². The van der Waals surface area contributed by atoms with E-state index in [0.717, 1.165) is 11.4 Å². The van der Waals surface area contributed by atoms with Gasteiger partial charge < -0.3 is 15.0 Å². The Balaban J connectivity index is 1.58. The lowest BCUT2D eigenvalue weighted by molar-refractivity contribution is 0.0302. The van der Waals surface area contributed by atoms with Gasteiger partial charge in [-0.3, -0.25) is 9.36 Å². The van der Waals surface area contributed by atoms with Crippen molar-refractivity contribution in [2.45, 2.75) is 0 Å². The van der Waals surface area contributed by atoms with Gasteiger partial charge in [-0.1, -0.05) is 36.4 Å². The molecule has 2 aromatic heterocycles. The van der Waals surface area contributed by atoms with Crippen LogP contribution in [-0.2, 0) is 4.74 Å². The number of amides is 1. The molecule has 1 N–H and O–H groups in total. The first-order valence-corrected chi connectivity index (χ1v) is 9.92. The molecule has 30 heavy (non-hydrogen) atoms. The van der Waals surface area contributed by atoms with Crippen LogP contribution in [0.4, 0.5) is 11.6 Å². The molecule has 4 aromatic rings. The number of carbonyl (C=O) groups is 1. The van der Waals surface area contributed by atoms with Crippen molar-refractivity contribution in [2.75, 3.05) is 31.6 Å². The highest BCUT2D eigenvalue weighted by Crippen LogP contribution is 2.26. The first kappa shape index (κ1) is 18.3. The minimum atomic E-state index is -0.0421. The molecule has 0 radical (unpaired) electrons. The van der Waals surface area contributed by atoms with Crippen molar-refractivity contribution < 1.29 is 9.53 Å². The summed E-state index contributed by atoms with van der Waals surface area (Å²) in [5, 5.41) is 3.37. The van der Waals surface area contributed by atoms with Crippen molar-refractivity contribution in [1.29, 1.82) is 0 Å². The first-order chi connectivity index (χ1) is 14.8. The second-order valence-corrected chi connectivity index (χ2v) is 7.07. The Morgan fingerprint density at radius 1 is 0.967 bits per heavy atom. The van der Waals surface area contributed by atoms with E-state index in [2.05, 4.69) is 10.3 Å². The van der Waals surface area contributed by atoms with Crippen LogP contribution in [0.5, 0.6) is 0 Å². The zero-order chi connectivity index (χ0) is 20.3. The molecule has 0 saturated carbocycles. The molecule has 5 rings (SSSR count). The van der Waals surface area contributed by atoms with Gasteiger partial charge in [0.25, 0.3) is 5.91 Å². The van der Waals surface area contributed by atoms with E-state index in [0.29, 0.717) is 49.0 Å². The molecule has 0 spiro atoms. The van der Waals surface area contributed by atoms with Gasteiger partial charge in [-0.05, 0) is 30.3 Å². The van der Waals surface area contributed by atoms with Gasteiger partial charge >= 0.3 is 0 Å². The summed E-state index contributed by atoms with van der Waals surface area (Å²) >= 11 is 0. The third-order valence-corrected chi connectivity index (χ3v) is 5.09. The highest BCUT2D eigenvalue weighted by molar-refractivity contribution is 5.97. The molecule has 1 fully saturated rings. The lowest BCUT2D eigenvalue weighted by Gasteiger charge is -2.26. The van der Waals surface area contributed by atoms with Gasteiger partial charge in [0, 0.05) is 25.0 Å². The van der Waals surface area contributed by atoms with Crippen LogP contribution in [-0.4, -0.2) is 51.6 Å². The smallest absolute Gasteiger partial charge is 0.255 e. The van der Waals surface area contributed by atoms with Crippen LogP contribution < -0.4 is 5.32 Å². The molecule has 7 nitrogen and oxygen atoms in total. The number of pyridine rings is 1. The van der Waals surface area contributed by atoms with Gasteiger partial charge in [0.1, 0.15) is 5.52 Å². The van der Waals surface area contributed by atoms with Gasteiger partial charge in [-0.15, -0.1) is 0 Å². The van der Waals surface area contributed by atoms with Gasteiger partial charge in [0.05, 0.1) is 24.5 Å². The number of hydrogen-bond acceptors (Lipinski definition) is 5. The summed E-state index contributed by atoms with van der Waals surface area (Å²) in [6.07, 6.45) is 1.63. The van der Waals surface area contributed by atoms with E-state index in [1.807, 2.05) is 71.3 Å². The van der Waals surface area contributed by atoms with Crippen molar-refractivity contribution in [3.63, 3.8) is 0 Å². The third kappa shape index (κ3) is 3.51. The van der Waals surface area contributed by atoms with Crippen molar-refractivity contribution in [1.82, 2.24) is 19.4 Å². The number of hydrogen-bond donors (Lipinski definition) is 1. The molecule has 1 amide bonds. The van der Waals surface area contributed by atoms with E-state index < -0.39 is 0 Å². The fraction of sp³-hybridized carbons (Fsp3) is 0.174. The average Bonchev–Trinajstić information content (AvgIpc) is 3.17. The van der Waals surface area contributed by atoms with E-state index >= 15 is 0 Å². The second-order valence-electron chi connectivity index (χ2n) is 7.07. The van der Waals surface area contributed by atoms with E-state index in [4.69, 9.17) is 9.72 Å². The maximum Gasteiger partial charge on any atom is 0.255 e. The lowest BCUT2D eigenvalue weighted by Crippen LogP contribution is -2.40. The molecule has 150 valence electrons. The Morgan fingerprint density at radius 2 is 1.67 bits per heavy atom. The summed E-state index contributed by atoms with van der Waals surface area (Å²) < 4.78 is 7.31. The maximum atomic E-state index is 12.9. The SMILES string of the molecule is O=C(c1cnc2c(c1)nc(Nc1ccccc1)n2-c1ccccc1)N1CCOCC1. The number of morpholine rings is 1. The number of anilines is 2. The van der Waals surface area contributed by atoms with Crippen LogP contribution in [0, 0.1) is 0 Å². The van der Waals surface area contributed by atoms with Crippen molar-refractivity contribution in [2.24, 2.45) is 0 Å². The number of rotatable bonds is 4. The van der Waals surface area contributed by atoms with Crippen molar-refractivity contribution in [3.8, 4) is 5.69 Å². The molecule has 1 aliphatic heterocycles. The van der Waals surface area contributed by atoms with E-state index in [1.165, 1.54) is 0 Å². The van der Waals surface area contributed by atoms with Crippen LogP contribution in [0.1, 0.15) is 10.4 Å². The number of aromatic nitrogens is 3. The first-order valence-electron chi connectivity index (χ1n) is 9.92. The average molecular weight is 399 g/mol. The minimum absolute atomic E-state index is 0.0421. The number of ether oxygens (including phenoxy) is 1. The number of para-hydroxylation sites is 2. The Morgan fingerprint density at radius 3 is 2.40 bits per heavy atom. The molecule has 2 aromatic carbocycles. The molecule has 0 atom stereocenters. The molecule has 0 bridgehead atoms. The van der Waals surface area contributed by atoms with E-state index in [-0.39, 0.29) is 5.91 Å². The van der Waals surface area contributed by atoms with Gasteiger partial charge in [-0.25, -0.2) is 9.97 Å². The molecule has 0 aliphatic carbocycles. The number of fused-ring (bicyclic) bond motifs is 1. The minimum Gasteiger partial charge on any atom is -0.378 e. The Bertz CT molecular complexity index is 1170. The molecular formula is C23H21N5O2. The number of imidazole rings is 1. The molecule has 1 aliphatic rings. The quantitative estimate of drug-likeness (QED) is 0.567. The fourth-order valence-electron chi connectivity index (χ4n) is 3.59. The van der Waals surface area contributed by atoms with Gasteiger partial charge in [0.2, 0.25) is 5.95 Å². The normalized spacial score (nSPS) is 14.1. The summed E-state index contributed by atoms with van der Waals surface area (Å²) in [4.78, 5) is 24.1. The van der Waals surface area contributed by atoms with Gasteiger partial charge in [-0.2, -0.15) is 0 Å². The van der Waals surface area contributed by atoms with E-state index in [1.54, 1.807) is 11.1 Å². The number of carbonyl (C=O) groups excluding carboxylic acids is 1. The second kappa shape index (κ2) is 7.96. The van der Waals surface area contributed by atoms with Crippen LogP contribution in [0.25, 0.3) is 16.9 Å². The Labute approximate surface area is 173 Å². The number of nitrogens with zero attached hydrogens (tertiary/aromatic N) is 4. The zero-order valence-corrected chi connectivity index (χ0v) is 16.4. The number of nitrogens with one attached hydrogen (secondary N) is 1. The summed E-state index contributed by atoms with van der Waals surface area (Å²) in [6.45, 7) is 2.32. The largest absolute Gasteiger partial charge is 0.378 e. The molecule has 3 heterocycles. The van der Waals surface area contributed by atoms with Crippen molar-refractivity contribution in [3.05, 3.63) is 78.5 Å². The highest BCUT2D eigenvalue weighted by Gasteiger charge is 2.21. The molecule has 1 saturated heterocycles.